The van der Waals surface area contributed by atoms with Crippen LogP contribution in [0, 0.1) is 0 Å². The lowest BCUT2D eigenvalue weighted by Crippen LogP contribution is -2.15. The van der Waals surface area contributed by atoms with Gasteiger partial charge in [-0.3, -0.25) is 4.79 Å². The van der Waals surface area contributed by atoms with Gasteiger partial charge in [0.15, 0.2) is 0 Å². The molecule has 2 N–H and O–H groups in total. The van der Waals surface area contributed by atoms with Crippen molar-refractivity contribution in [1.29, 1.82) is 0 Å². The molecule has 2 aromatic carbocycles. The molecule has 1 aliphatic heterocycles. The van der Waals surface area contributed by atoms with E-state index in [1.54, 1.807) is 18.2 Å². The van der Waals surface area contributed by atoms with Crippen molar-refractivity contribution in [1.82, 2.24) is 0 Å². The molecule has 1 aliphatic rings. The Bertz CT molecular complexity index is 680. The lowest BCUT2D eigenvalue weighted by atomic mass is 10.0. The third kappa shape index (κ3) is 3.31. The lowest BCUT2D eigenvalue weighted by molar-refractivity contribution is 0.102. The molecule has 1 amide bonds. The molecule has 3 nitrogen and oxygen atoms in total. The summed E-state index contributed by atoms with van der Waals surface area (Å²) in [5, 5.41) is 7.13. The number of carbonyl (C=O) groups excluding carboxylic acids is 1. The van der Waals surface area contributed by atoms with Crippen molar-refractivity contribution in [2.45, 2.75) is 12.8 Å². The maximum Gasteiger partial charge on any atom is 0.255 e. The molecule has 21 heavy (non-hydrogen) atoms. The molecule has 3 rings (SSSR count). The Morgan fingerprint density at radius 1 is 1.10 bits per heavy atom. The normalized spacial score (nSPS) is 13.2. The van der Waals surface area contributed by atoms with Gasteiger partial charge in [0.05, 0.1) is 0 Å². The van der Waals surface area contributed by atoms with Gasteiger partial charge in [-0.2, -0.15) is 0 Å². The molecule has 0 fully saturated rings. The van der Waals surface area contributed by atoms with E-state index in [4.69, 9.17) is 23.2 Å². The highest BCUT2D eigenvalue weighted by atomic mass is 35.5. The van der Waals surface area contributed by atoms with Gasteiger partial charge in [-0.15, -0.1) is 0 Å². The number of amides is 1. The molecule has 5 heteroatoms. The maximum absolute atomic E-state index is 12.3. The minimum absolute atomic E-state index is 0.165. The quantitative estimate of drug-likeness (QED) is 0.848. The molecule has 0 aliphatic carbocycles. The molecular weight excluding hydrogens is 307 g/mol. The standard InChI is InChI=1S/C16H14Cl2N2O/c17-12-7-13(18)9-14(8-12)20-16(21)11-3-4-15-10(6-11)2-1-5-19-15/h3-4,6-9,19H,1-2,5H2,(H,20,21). The van der Waals surface area contributed by atoms with Crippen LogP contribution in [-0.2, 0) is 6.42 Å². The Morgan fingerprint density at radius 3 is 2.62 bits per heavy atom. The summed E-state index contributed by atoms with van der Waals surface area (Å²) < 4.78 is 0. The van der Waals surface area contributed by atoms with Crippen molar-refractivity contribution in [3.63, 3.8) is 0 Å². The third-order valence-corrected chi connectivity index (χ3v) is 3.86. The SMILES string of the molecule is O=C(Nc1cc(Cl)cc(Cl)c1)c1ccc2c(c1)CCCN2. The van der Waals surface area contributed by atoms with Gasteiger partial charge in [0.1, 0.15) is 0 Å². The maximum atomic E-state index is 12.3. The number of carbonyl (C=O) groups is 1. The summed E-state index contributed by atoms with van der Waals surface area (Å²) in [5.41, 5.74) is 3.52. The number of aryl methyl sites for hydroxylation is 1. The monoisotopic (exact) mass is 320 g/mol. The van der Waals surface area contributed by atoms with Crippen LogP contribution in [0.3, 0.4) is 0 Å². The van der Waals surface area contributed by atoms with E-state index >= 15 is 0 Å². The van der Waals surface area contributed by atoms with Gasteiger partial charge in [0.2, 0.25) is 0 Å². The summed E-state index contributed by atoms with van der Waals surface area (Å²) in [5.74, 6) is -0.165. The molecule has 0 aromatic heterocycles. The zero-order valence-corrected chi connectivity index (χ0v) is 12.8. The highest BCUT2D eigenvalue weighted by Crippen LogP contribution is 2.25. The fourth-order valence-corrected chi connectivity index (χ4v) is 2.97. The van der Waals surface area contributed by atoms with Crippen molar-refractivity contribution in [2.75, 3.05) is 17.2 Å². The first-order valence-electron chi connectivity index (χ1n) is 6.76. The van der Waals surface area contributed by atoms with Crippen molar-refractivity contribution in [3.8, 4) is 0 Å². The van der Waals surface area contributed by atoms with E-state index in [0.717, 1.165) is 25.1 Å². The fraction of sp³-hybridized carbons (Fsp3) is 0.188. The van der Waals surface area contributed by atoms with Gasteiger partial charge in [-0.05, 0) is 54.8 Å². The number of benzene rings is 2. The smallest absolute Gasteiger partial charge is 0.255 e. The van der Waals surface area contributed by atoms with Crippen LogP contribution >= 0.6 is 23.2 Å². The Hall–Kier alpha value is -1.71. The van der Waals surface area contributed by atoms with Crippen LogP contribution in [-0.4, -0.2) is 12.5 Å². The highest BCUT2D eigenvalue weighted by Gasteiger charge is 2.13. The first-order valence-corrected chi connectivity index (χ1v) is 7.52. The summed E-state index contributed by atoms with van der Waals surface area (Å²) >= 11 is 11.9. The summed E-state index contributed by atoms with van der Waals surface area (Å²) in [6.45, 7) is 0.986. The first-order chi connectivity index (χ1) is 10.1. The zero-order valence-electron chi connectivity index (χ0n) is 11.2. The number of rotatable bonds is 2. The summed E-state index contributed by atoms with van der Waals surface area (Å²) in [7, 11) is 0. The molecule has 0 saturated carbocycles. The Morgan fingerprint density at radius 2 is 1.86 bits per heavy atom. The molecule has 0 bridgehead atoms. The number of halogens is 2. The summed E-state index contributed by atoms with van der Waals surface area (Å²) in [6.07, 6.45) is 2.08. The van der Waals surface area contributed by atoms with E-state index in [1.807, 2.05) is 18.2 Å². The minimum Gasteiger partial charge on any atom is -0.385 e. The average molecular weight is 321 g/mol. The van der Waals surface area contributed by atoms with E-state index in [2.05, 4.69) is 10.6 Å². The molecule has 0 saturated heterocycles. The molecule has 0 spiro atoms. The number of nitrogens with one attached hydrogen (secondary N) is 2. The summed E-state index contributed by atoms with van der Waals surface area (Å²) in [6, 6.07) is 10.7. The van der Waals surface area contributed by atoms with Gasteiger partial charge < -0.3 is 10.6 Å². The summed E-state index contributed by atoms with van der Waals surface area (Å²) in [4.78, 5) is 12.3. The second-order valence-electron chi connectivity index (χ2n) is 5.01. The minimum atomic E-state index is -0.165. The molecule has 0 radical (unpaired) electrons. The molecule has 0 atom stereocenters. The van der Waals surface area contributed by atoms with E-state index in [9.17, 15) is 4.79 Å². The highest BCUT2D eigenvalue weighted by molar-refractivity contribution is 6.35. The van der Waals surface area contributed by atoms with Crippen LogP contribution in [0.4, 0.5) is 11.4 Å². The van der Waals surface area contributed by atoms with Crippen LogP contribution in [0.25, 0.3) is 0 Å². The predicted molar refractivity (Wildman–Crippen MR) is 87.7 cm³/mol. The van der Waals surface area contributed by atoms with E-state index < -0.39 is 0 Å². The average Bonchev–Trinajstić information content (AvgIpc) is 2.45. The van der Waals surface area contributed by atoms with Gasteiger partial charge in [0, 0.05) is 33.5 Å². The van der Waals surface area contributed by atoms with Crippen molar-refractivity contribution in [3.05, 3.63) is 57.6 Å². The van der Waals surface area contributed by atoms with Gasteiger partial charge in [0.25, 0.3) is 5.91 Å². The largest absolute Gasteiger partial charge is 0.385 e. The van der Waals surface area contributed by atoms with Crippen LogP contribution in [0.1, 0.15) is 22.3 Å². The van der Waals surface area contributed by atoms with E-state index in [0.29, 0.717) is 21.3 Å². The Kier molecular flexibility index (Phi) is 4.04. The van der Waals surface area contributed by atoms with Gasteiger partial charge >= 0.3 is 0 Å². The van der Waals surface area contributed by atoms with Gasteiger partial charge in [-0.1, -0.05) is 23.2 Å². The molecule has 1 heterocycles. The Labute approximate surface area is 133 Å². The third-order valence-electron chi connectivity index (χ3n) is 3.43. The number of anilines is 2. The molecule has 0 unspecified atom stereocenters. The second-order valence-corrected chi connectivity index (χ2v) is 5.89. The van der Waals surface area contributed by atoms with Gasteiger partial charge in [-0.25, -0.2) is 0 Å². The van der Waals surface area contributed by atoms with Crippen molar-refractivity contribution < 1.29 is 4.79 Å². The number of hydrogen-bond acceptors (Lipinski definition) is 2. The number of fused-ring (bicyclic) bond motifs is 1. The van der Waals surface area contributed by atoms with E-state index in [1.165, 1.54) is 5.56 Å². The van der Waals surface area contributed by atoms with Crippen molar-refractivity contribution in [2.24, 2.45) is 0 Å². The van der Waals surface area contributed by atoms with E-state index in [-0.39, 0.29) is 5.91 Å². The van der Waals surface area contributed by atoms with Crippen LogP contribution in [0.15, 0.2) is 36.4 Å². The predicted octanol–water partition coefficient (Wildman–Crippen LogP) is 4.60. The van der Waals surface area contributed by atoms with Crippen molar-refractivity contribution >= 4 is 40.5 Å². The van der Waals surface area contributed by atoms with Crippen LogP contribution in [0.5, 0.6) is 0 Å². The first kappa shape index (κ1) is 14.2. The van der Waals surface area contributed by atoms with Crippen LogP contribution < -0.4 is 10.6 Å². The zero-order chi connectivity index (χ0) is 14.8. The number of hydrogen-bond donors (Lipinski definition) is 2. The fourth-order valence-electron chi connectivity index (χ4n) is 2.45. The molecular formula is C16H14Cl2N2O. The second kappa shape index (κ2) is 5.96. The lowest BCUT2D eigenvalue weighted by Gasteiger charge is -2.18. The molecule has 2 aromatic rings. The molecule has 108 valence electrons. The Balaban J connectivity index is 1.82. The topological polar surface area (TPSA) is 41.1 Å². The van der Waals surface area contributed by atoms with Crippen LogP contribution in [0.2, 0.25) is 10.0 Å².